The lowest BCUT2D eigenvalue weighted by atomic mass is 9.90. The van der Waals surface area contributed by atoms with Gasteiger partial charge in [-0.05, 0) is 38.8 Å². The average Bonchev–Trinajstić information content (AvgIpc) is 2.53. The highest BCUT2D eigenvalue weighted by Crippen LogP contribution is 2.24. The van der Waals surface area contributed by atoms with Gasteiger partial charge in [0.1, 0.15) is 0 Å². The zero-order valence-corrected chi connectivity index (χ0v) is 12.4. The molecule has 6 nitrogen and oxygen atoms in total. The van der Waals surface area contributed by atoms with E-state index < -0.39 is 4.92 Å². The zero-order valence-electron chi connectivity index (χ0n) is 12.4. The van der Waals surface area contributed by atoms with Crippen molar-refractivity contribution in [2.24, 2.45) is 0 Å². The van der Waals surface area contributed by atoms with Gasteiger partial charge in [-0.25, -0.2) is 0 Å². The Kier molecular flexibility index (Phi) is 4.90. The second-order valence-corrected chi connectivity index (χ2v) is 5.52. The predicted molar refractivity (Wildman–Crippen MR) is 80.3 cm³/mol. The maximum Gasteiger partial charge on any atom is 0.270 e. The van der Waals surface area contributed by atoms with Gasteiger partial charge in [-0.2, -0.15) is 0 Å². The summed E-state index contributed by atoms with van der Waals surface area (Å²) < 4.78 is 0. The van der Waals surface area contributed by atoms with E-state index in [0.717, 1.165) is 25.7 Å². The van der Waals surface area contributed by atoms with Crippen LogP contribution in [0.3, 0.4) is 0 Å². The summed E-state index contributed by atoms with van der Waals surface area (Å²) in [4.78, 5) is 24.5. The van der Waals surface area contributed by atoms with Crippen LogP contribution in [-0.4, -0.2) is 41.9 Å². The van der Waals surface area contributed by atoms with Crippen LogP contribution in [0.15, 0.2) is 24.3 Å². The topological polar surface area (TPSA) is 75.5 Å². The molecule has 21 heavy (non-hydrogen) atoms. The van der Waals surface area contributed by atoms with Crippen molar-refractivity contribution in [3.05, 3.63) is 39.9 Å². The standard InChI is InChI=1S/C15H21N3O3/c1-16-12-6-8-13(9-7-12)17(2)15(19)11-4-3-5-14(10-11)18(20)21/h3-5,10,12-13,16H,6-9H2,1-2H3. The van der Waals surface area contributed by atoms with Crippen LogP contribution in [0, 0.1) is 10.1 Å². The van der Waals surface area contributed by atoms with Gasteiger partial charge in [-0.3, -0.25) is 14.9 Å². The normalized spacial score (nSPS) is 21.8. The largest absolute Gasteiger partial charge is 0.339 e. The van der Waals surface area contributed by atoms with E-state index in [2.05, 4.69) is 5.32 Å². The Bertz CT molecular complexity index is 525. The number of nitrogens with one attached hydrogen (secondary N) is 1. The van der Waals surface area contributed by atoms with E-state index in [1.807, 2.05) is 7.05 Å². The van der Waals surface area contributed by atoms with Crippen LogP contribution in [-0.2, 0) is 0 Å². The Labute approximate surface area is 124 Å². The van der Waals surface area contributed by atoms with Crippen molar-refractivity contribution in [1.82, 2.24) is 10.2 Å². The molecule has 1 aromatic rings. The Morgan fingerprint density at radius 2 is 2.00 bits per heavy atom. The van der Waals surface area contributed by atoms with E-state index in [4.69, 9.17) is 0 Å². The fourth-order valence-corrected chi connectivity index (χ4v) is 2.87. The molecule has 1 saturated carbocycles. The number of rotatable bonds is 4. The van der Waals surface area contributed by atoms with Crippen LogP contribution in [0.5, 0.6) is 0 Å². The monoisotopic (exact) mass is 291 g/mol. The fourth-order valence-electron chi connectivity index (χ4n) is 2.87. The van der Waals surface area contributed by atoms with E-state index >= 15 is 0 Å². The van der Waals surface area contributed by atoms with E-state index in [0.29, 0.717) is 11.6 Å². The summed E-state index contributed by atoms with van der Waals surface area (Å²) in [6.45, 7) is 0. The number of nitro benzene ring substituents is 1. The number of nitro groups is 1. The van der Waals surface area contributed by atoms with Gasteiger partial charge in [0.25, 0.3) is 11.6 Å². The van der Waals surface area contributed by atoms with Gasteiger partial charge in [-0.15, -0.1) is 0 Å². The minimum Gasteiger partial charge on any atom is -0.339 e. The smallest absolute Gasteiger partial charge is 0.270 e. The SMILES string of the molecule is CNC1CCC(N(C)C(=O)c2cccc([N+](=O)[O-])c2)CC1. The Hall–Kier alpha value is -1.95. The second kappa shape index (κ2) is 6.67. The molecule has 1 fully saturated rings. The van der Waals surface area contributed by atoms with E-state index in [-0.39, 0.29) is 17.6 Å². The van der Waals surface area contributed by atoms with Crippen LogP contribution in [0.25, 0.3) is 0 Å². The van der Waals surface area contributed by atoms with Crippen molar-refractivity contribution in [3.8, 4) is 0 Å². The molecule has 1 aliphatic rings. The van der Waals surface area contributed by atoms with E-state index in [9.17, 15) is 14.9 Å². The molecule has 0 unspecified atom stereocenters. The number of nitrogens with zero attached hydrogens (tertiary/aromatic N) is 2. The van der Waals surface area contributed by atoms with Gasteiger partial charge in [0.05, 0.1) is 4.92 Å². The molecule has 1 aliphatic carbocycles. The van der Waals surface area contributed by atoms with Crippen molar-refractivity contribution in [3.63, 3.8) is 0 Å². The molecule has 1 N–H and O–H groups in total. The molecule has 114 valence electrons. The predicted octanol–water partition coefficient (Wildman–Crippen LogP) is 2.20. The molecule has 2 rings (SSSR count). The zero-order chi connectivity index (χ0) is 15.4. The maximum absolute atomic E-state index is 12.5. The molecule has 0 bridgehead atoms. The molecule has 0 heterocycles. The summed E-state index contributed by atoms with van der Waals surface area (Å²) in [6, 6.07) is 6.67. The molecule has 0 saturated heterocycles. The van der Waals surface area contributed by atoms with Gasteiger partial charge in [0.15, 0.2) is 0 Å². The first-order valence-corrected chi connectivity index (χ1v) is 7.21. The fraction of sp³-hybridized carbons (Fsp3) is 0.533. The molecule has 1 amide bonds. The molecule has 0 radical (unpaired) electrons. The highest BCUT2D eigenvalue weighted by molar-refractivity contribution is 5.94. The van der Waals surface area contributed by atoms with Crippen LogP contribution < -0.4 is 5.32 Å². The Balaban J connectivity index is 2.06. The number of carbonyl (C=O) groups excluding carboxylic acids is 1. The molecular weight excluding hydrogens is 270 g/mol. The van der Waals surface area contributed by atoms with E-state index in [1.165, 1.54) is 12.1 Å². The lowest BCUT2D eigenvalue weighted by Gasteiger charge is -2.34. The molecule has 0 atom stereocenters. The number of carbonyl (C=O) groups is 1. The summed E-state index contributed by atoms with van der Waals surface area (Å²) in [5, 5.41) is 14.1. The number of amides is 1. The van der Waals surface area contributed by atoms with Gasteiger partial charge in [-0.1, -0.05) is 6.07 Å². The maximum atomic E-state index is 12.5. The summed E-state index contributed by atoms with van der Waals surface area (Å²) in [5.41, 5.74) is 0.329. The number of non-ortho nitro benzene ring substituents is 1. The highest BCUT2D eigenvalue weighted by atomic mass is 16.6. The molecular formula is C15H21N3O3. The quantitative estimate of drug-likeness (QED) is 0.681. The minimum absolute atomic E-state index is 0.0480. The molecule has 6 heteroatoms. The summed E-state index contributed by atoms with van der Waals surface area (Å²) in [6.07, 6.45) is 4.02. The first kappa shape index (κ1) is 15.4. The van der Waals surface area contributed by atoms with Gasteiger partial charge in [0.2, 0.25) is 0 Å². The van der Waals surface area contributed by atoms with Crippen LogP contribution in [0.1, 0.15) is 36.0 Å². The molecule has 0 aromatic heterocycles. The lowest BCUT2D eigenvalue weighted by molar-refractivity contribution is -0.384. The number of benzene rings is 1. The van der Waals surface area contributed by atoms with Crippen LogP contribution in [0.2, 0.25) is 0 Å². The van der Waals surface area contributed by atoms with Crippen LogP contribution >= 0.6 is 0 Å². The third-order valence-electron chi connectivity index (χ3n) is 4.28. The lowest BCUT2D eigenvalue weighted by Crippen LogP contribution is -2.42. The second-order valence-electron chi connectivity index (χ2n) is 5.52. The van der Waals surface area contributed by atoms with Crippen molar-refractivity contribution < 1.29 is 9.72 Å². The summed E-state index contributed by atoms with van der Waals surface area (Å²) in [7, 11) is 3.74. The Morgan fingerprint density at radius 3 is 2.57 bits per heavy atom. The van der Waals surface area contributed by atoms with Gasteiger partial charge < -0.3 is 10.2 Å². The summed E-state index contributed by atoms with van der Waals surface area (Å²) >= 11 is 0. The highest BCUT2D eigenvalue weighted by Gasteiger charge is 2.26. The van der Waals surface area contributed by atoms with E-state index in [1.54, 1.807) is 24.1 Å². The van der Waals surface area contributed by atoms with Crippen molar-refractivity contribution in [2.45, 2.75) is 37.8 Å². The first-order valence-electron chi connectivity index (χ1n) is 7.21. The Morgan fingerprint density at radius 1 is 1.33 bits per heavy atom. The third-order valence-corrected chi connectivity index (χ3v) is 4.28. The van der Waals surface area contributed by atoms with Crippen molar-refractivity contribution >= 4 is 11.6 Å². The molecule has 1 aromatic carbocycles. The van der Waals surface area contributed by atoms with Crippen molar-refractivity contribution in [2.75, 3.05) is 14.1 Å². The summed E-state index contributed by atoms with van der Waals surface area (Å²) in [5.74, 6) is -0.147. The average molecular weight is 291 g/mol. The molecule has 0 spiro atoms. The minimum atomic E-state index is -0.477. The molecule has 0 aliphatic heterocycles. The number of hydrogen-bond acceptors (Lipinski definition) is 4. The van der Waals surface area contributed by atoms with Crippen molar-refractivity contribution in [1.29, 1.82) is 0 Å². The first-order chi connectivity index (χ1) is 10.0. The van der Waals surface area contributed by atoms with Gasteiger partial charge >= 0.3 is 0 Å². The number of hydrogen-bond donors (Lipinski definition) is 1. The van der Waals surface area contributed by atoms with Crippen LogP contribution in [0.4, 0.5) is 5.69 Å². The van der Waals surface area contributed by atoms with Gasteiger partial charge in [0, 0.05) is 36.8 Å². The third kappa shape index (κ3) is 3.58.